The van der Waals surface area contributed by atoms with E-state index in [0.717, 1.165) is 25.9 Å². The van der Waals surface area contributed by atoms with Crippen molar-refractivity contribution in [2.24, 2.45) is 0 Å². The Hall–Kier alpha value is -2.34. The monoisotopic (exact) mass is 316 g/mol. The topological polar surface area (TPSA) is 80.6 Å². The van der Waals surface area contributed by atoms with E-state index in [9.17, 15) is 9.59 Å². The number of rotatable bonds is 5. The standard InChI is InChI=1S/C17H20N2O4/c1-2-7-22-13-4-3-11-8-14(17(21)23-15(11)9-13)16(20)19-12-5-6-18-10-12/h3-4,8-9,12,18H,2,5-7,10H2,1H3,(H,19,20). The van der Waals surface area contributed by atoms with Gasteiger partial charge in [-0.25, -0.2) is 4.79 Å². The van der Waals surface area contributed by atoms with Gasteiger partial charge in [0.15, 0.2) is 0 Å². The molecule has 1 saturated heterocycles. The zero-order chi connectivity index (χ0) is 16.2. The smallest absolute Gasteiger partial charge is 0.349 e. The highest BCUT2D eigenvalue weighted by Crippen LogP contribution is 2.20. The largest absolute Gasteiger partial charge is 0.493 e. The van der Waals surface area contributed by atoms with Crippen LogP contribution in [0.2, 0.25) is 0 Å². The molecule has 0 aliphatic carbocycles. The first-order chi connectivity index (χ1) is 11.2. The highest BCUT2D eigenvalue weighted by molar-refractivity contribution is 5.96. The fraction of sp³-hybridized carbons (Fsp3) is 0.412. The second-order valence-electron chi connectivity index (χ2n) is 5.66. The maximum Gasteiger partial charge on any atom is 0.349 e. The average molecular weight is 316 g/mol. The Morgan fingerprint density at radius 3 is 3.04 bits per heavy atom. The first-order valence-electron chi connectivity index (χ1n) is 7.89. The molecular weight excluding hydrogens is 296 g/mol. The number of amides is 1. The van der Waals surface area contributed by atoms with Crippen LogP contribution in [0.5, 0.6) is 5.75 Å². The predicted molar refractivity (Wildman–Crippen MR) is 87.0 cm³/mol. The van der Waals surface area contributed by atoms with Gasteiger partial charge in [-0.2, -0.15) is 0 Å². The van der Waals surface area contributed by atoms with Crippen molar-refractivity contribution in [3.63, 3.8) is 0 Å². The lowest BCUT2D eigenvalue weighted by molar-refractivity contribution is 0.0936. The quantitative estimate of drug-likeness (QED) is 0.820. The lowest BCUT2D eigenvalue weighted by Gasteiger charge is -2.11. The summed E-state index contributed by atoms with van der Waals surface area (Å²) in [6, 6.07) is 6.90. The van der Waals surface area contributed by atoms with Crippen LogP contribution in [0.25, 0.3) is 11.0 Å². The lowest BCUT2D eigenvalue weighted by atomic mass is 10.1. The maximum atomic E-state index is 12.2. The van der Waals surface area contributed by atoms with Crippen LogP contribution in [0.4, 0.5) is 0 Å². The molecule has 0 spiro atoms. The molecule has 6 nitrogen and oxygen atoms in total. The number of carbonyl (C=O) groups excluding carboxylic acids is 1. The van der Waals surface area contributed by atoms with Gasteiger partial charge in [0.1, 0.15) is 16.9 Å². The SMILES string of the molecule is CCCOc1ccc2cc(C(=O)NC3CCNC3)c(=O)oc2c1. The molecule has 1 unspecified atom stereocenters. The van der Waals surface area contributed by atoms with Crippen LogP contribution < -0.4 is 21.0 Å². The maximum absolute atomic E-state index is 12.2. The van der Waals surface area contributed by atoms with Crippen molar-refractivity contribution in [3.8, 4) is 5.75 Å². The van der Waals surface area contributed by atoms with Gasteiger partial charge in [-0.05, 0) is 37.6 Å². The molecule has 2 heterocycles. The predicted octanol–water partition coefficient (Wildman–Crippen LogP) is 1.67. The number of ether oxygens (including phenoxy) is 1. The van der Waals surface area contributed by atoms with E-state index in [2.05, 4.69) is 10.6 Å². The van der Waals surface area contributed by atoms with E-state index in [0.29, 0.717) is 23.3 Å². The summed E-state index contributed by atoms with van der Waals surface area (Å²) in [5, 5.41) is 6.72. The minimum absolute atomic E-state index is 0.0339. The molecule has 122 valence electrons. The summed E-state index contributed by atoms with van der Waals surface area (Å²) in [5.41, 5.74) is -0.178. The number of fused-ring (bicyclic) bond motifs is 1. The van der Waals surface area contributed by atoms with Gasteiger partial charge < -0.3 is 19.8 Å². The van der Waals surface area contributed by atoms with E-state index in [1.54, 1.807) is 24.3 Å². The molecule has 1 amide bonds. The van der Waals surface area contributed by atoms with E-state index in [4.69, 9.17) is 9.15 Å². The Morgan fingerprint density at radius 2 is 2.30 bits per heavy atom. The molecule has 1 fully saturated rings. The highest BCUT2D eigenvalue weighted by atomic mass is 16.5. The zero-order valence-electron chi connectivity index (χ0n) is 13.1. The molecule has 1 aromatic carbocycles. The van der Waals surface area contributed by atoms with Crippen molar-refractivity contribution in [1.29, 1.82) is 0 Å². The van der Waals surface area contributed by atoms with Gasteiger partial charge in [0.2, 0.25) is 0 Å². The molecule has 3 rings (SSSR count). The van der Waals surface area contributed by atoms with Crippen LogP contribution in [0.15, 0.2) is 33.5 Å². The Balaban J connectivity index is 1.85. The van der Waals surface area contributed by atoms with Crippen LogP contribution in [0.1, 0.15) is 30.1 Å². The fourth-order valence-corrected chi connectivity index (χ4v) is 2.60. The van der Waals surface area contributed by atoms with E-state index in [1.807, 2.05) is 6.92 Å². The van der Waals surface area contributed by atoms with Gasteiger partial charge in [-0.1, -0.05) is 6.92 Å². The number of nitrogens with one attached hydrogen (secondary N) is 2. The Bertz CT molecular complexity index is 763. The van der Waals surface area contributed by atoms with Crippen molar-refractivity contribution in [1.82, 2.24) is 10.6 Å². The molecule has 1 aliphatic heterocycles. The van der Waals surface area contributed by atoms with Crippen LogP contribution in [0, 0.1) is 0 Å². The third-order valence-electron chi connectivity index (χ3n) is 3.82. The van der Waals surface area contributed by atoms with Crippen molar-refractivity contribution >= 4 is 16.9 Å². The number of carbonyl (C=O) groups is 1. The molecule has 0 saturated carbocycles. The number of benzene rings is 1. The van der Waals surface area contributed by atoms with Crippen LogP contribution >= 0.6 is 0 Å². The highest BCUT2D eigenvalue weighted by Gasteiger charge is 2.20. The summed E-state index contributed by atoms with van der Waals surface area (Å²) in [4.78, 5) is 24.3. The number of hydrogen-bond acceptors (Lipinski definition) is 5. The minimum Gasteiger partial charge on any atom is -0.493 e. The van der Waals surface area contributed by atoms with Crippen LogP contribution in [0.3, 0.4) is 0 Å². The molecular formula is C17H20N2O4. The van der Waals surface area contributed by atoms with E-state index < -0.39 is 5.63 Å². The second kappa shape index (κ2) is 6.83. The summed E-state index contributed by atoms with van der Waals surface area (Å²) in [6.07, 6.45) is 1.76. The van der Waals surface area contributed by atoms with E-state index in [1.165, 1.54) is 0 Å². The molecule has 2 N–H and O–H groups in total. The molecule has 23 heavy (non-hydrogen) atoms. The van der Waals surface area contributed by atoms with Crippen LogP contribution in [-0.2, 0) is 0 Å². The lowest BCUT2D eigenvalue weighted by Crippen LogP contribution is -2.38. The second-order valence-corrected chi connectivity index (χ2v) is 5.66. The molecule has 0 bridgehead atoms. The minimum atomic E-state index is -0.631. The van der Waals surface area contributed by atoms with Crippen LogP contribution in [-0.4, -0.2) is 31.6 Å². The Labute approximate surface area is 133 Å². The first-order valence-corrected chi connectivity index (χ1v) is 7.89. The summed E-state index contributed by atoms with van der Waals surface area (Å²) < 4.78 is 10.8. The van der Waals surface area contributed by atoms with Crippen molar-refractivity contribution < 1.29 is 13.9 Å². The molecule has 1 atom stereocenters. The Morgan fingerprint density at radius 1 is 1.43 bits per heavy atom. The Kier molecular flexibility index (Phi) is 4.62. The summed E-state index contributed by atoms with van der Waals surface area (Å²) in [5.74, 6) is 0.261. The average Bonchev–Trinajstić information content (AvgIpc) is 3.04. The summed E-state index contributed by atoms with van der Waals surface area (Å²) >= 11 is 0. The summed E-state index contributed by atoms with van der Waals surface area (Å²) in [6.45, 7) is 4.22. The number of hydrogen-bond donors (Lipinski definition) is 2. The van der Waals surface area contributed by atoms with Gasteiger partial charge in [-0.3, -0.25) is 4.79 Å². The third kappa shape index (κ3) is 3.53. The third-order valence-corrected chi connectivity index (χ3v) is 3.82. The molecule has 6 heteroatoms. The fourth-order valence-electron chi connectivity index (χ4n) is 2.60. The van der Waals surface area contributed by atoms with Gasteiger partial charge in [0.25, 0.3) is 5.91 Å². The van der Waals surface area contributed by atoms with Gasteiger partial charge in [0.05, 0.1) is 6.61 Å². The first kappa shape index (κ1) is 15.6. The molecule has 0 radical (unpaired) electrons. The molecule has 1 aromatic heterocycles. The molecule has 2 aromatic rings. The van der Waals surface area contributed by atoms with Gasteiger partial charge in [-0.15, -0.1) is 0 Å². The van der Waals surface area contributed by atoms with E-state index in [-0.39, 0.29) is 17.5 Å². The van der Waals surface area contributed by atoms with E-state index >= 15 is 0 Å². The van der Waals surface area contributed by atoms with Crippen molar-refractivity contribution in [2.75, 3.05) is 19.7 Å². The zero-order valence-corrected chi connectivity index (χ0v) is 13.1. The molecule has 1 aliphatic rings. The van der Waals surface area contributed by atoms with Crippen molar-refractivity contribution in [3.05, 3.63) is 40.2 Å². The summed E-state index contributed by atoms with van der Waals surface area (Å²) in [7, 11) is 0. The van der Waals surface area contributed by atoms with Gasteiger partial charge >= 0.3 is 5.63 Å². The van der Waals surface area contributed by atoms with Gasteiger partial charge in [0, 0.05) is 24.0 Å². The normalized spacial score (nSPS) is 17.3. The van der Waals surface area contributed by atoms with Crippen molar-refractivity contribution in [2.45, 2.75) is 25.8 Å².